The van der Waals surface area contributed by atoms with Crippen molar-refractivity contribution in [3.8, 4) is 0 Å². The molecule has 0 bridgehead atoms. The van der Waals surface area contributed by atoms with Crippen LogP contribution < -0.4 is 0 Å². The smallest absolute Gasteiger partial charge is 0.178 e. The molecule has 1 spiro atoms. The summed E-state index contributed by atoms with van der Waals surface area (Å²) in [5.41, 5.74) is 4.45. The predicted molar refractivity (Wildman–Crippen MR) is 126 cm³/mol. The van der Waals surface area contributed by atoms with Gasteiger partial charge in [-0.3, -0.25) is 9.69 Å². The van der Waals surface area contributed by atoms with E-state index in [4.69, 9.17) is 4.99 Å². The largest absolute Gasteiger partial charge is 0.354 e. The Balaban J connectivity index is 1.35. The molecule has 1 saturated heterocycles. The second-order valence-electron chi connectivity index (χ2n) is 8.48. The van der Waals surface area contributed by atoms with Crippen LogP contribution in [-0.2, 0) is 11.3 Å². The molecular formula is C27H27N3O. The van der Waals surface area contributed by atoms with Crippen molar-refractivity contribution in [1.29, 1.82) is 0 Å². The Kier molecular flexibility index (Phi) is 5.16. The van der Waals surface area contributed by atoms with Gasteiger partial charge in [-0.15, -0.1) is 0 Å². The Hall–Kier alpha value is -3.24. The molecule has 0 radical (unpaired) electrons. The number of nitrogens with zero attached hydrogens (tertiary/aromatic N) is 3. The van der Waals surface area contributed by atoms with E-state index in [9.17, 15) is 4.79 Å². The summed E-state index contributed by atoms with van der Waals surface area (Å²) in [5, 5.41) is 0. The minimum absolute atomic E-state index is 0.0199. The van der Waals surface area contributed by atoms with E-state index in [0.29, 0.717) is 0 Å². The third-order valence-electron chi connectivity index (χ3n) is 6.44. The second-order valence-corrected chi connectivity index (χ2v) is 8.48. The van der Waals surface area contributed by atoms with Crippen molar-refractivity contribution in [2.45, 2.75) is 19.0 Å². The lowest BCUT2D eigenvalue weighted by Crippen LogP contribution is -2.47. The van der Waals surface area contributed by atoms with E-state index in [2.05, 4.69) is 59.2 Å². The predicted octanol–water partition coefficient (Wildman–Crippen LogP) is 4.04. The van der Waals surface area contributed by atoms with Gasteiger partial charge in [0.1, 0.15) is 11.4 Å². The Morgan fingerprint density at radius 2 is 1.58 bits per heavy atom. The van der Waals surface area contributed by atoms with E-state index in [1.54, 1.807) is 12.2 Å². The number of ketones is 1. The van der Waals surface area contributed by atoms with Gasteiger partial charge in [0, 0.05) is 32.7 Å². The van der Waals surface area contributed by atoms with Gasteiger partial charge in [0.25, 0.3) is 0 Å². The highest BCUT2D eigenvalue weighted by molar-refractivity contribution is 6.09. The molecule has 0 amide bonds. The summed E-state index contributed by atoms with van der Waals surface area (Å²) >= 11 is 0. The van der Waals surface area contributed by atoms with Crippen molar-refractivity contribution >= 4 is 17.2 Å². The number of carbonyl (C=O) groups excluding carboxylic acids is 1. The molecule has 1 aliphatic carbocycles. The van der Waals surface area contributed by atoms with Gasteiger partial charge in [-0.1, -0.05) is 54.6 Å². The lowest BCUT2D eigenvalue weighted by molar-refractivity contribution is -0.110. The molecule has 3 aliphatic rings. The first-order valence-corrected chi connectivity index (χ1v) is 10.9. The zero-order chi connectivity index (χ0) is 21.3. The number of benzene rings is 2. The Labute approximate surface area is 183 Å². The molecule has 0 atom stereocenters. The molecule has 0 N–H and O–H groups in total. The van der Waals surface area contributed by atoms with Gasteiger partial charge in [-0.05, 0) is 59.6 Å². The van der Waals surface area contributed by atoms with E-state index in [0.717, 1.165) is 49.7 Å². The minimum atomic E-state index is -0.580. The molecule has 5 rings (SSSR count). The molecule has 0 saturated carbocycles. The Morgan fingerprint density at radius 1 is 0.903 bits per heavy atom. The number of carbonyl (C=O) groups is 1. The van der Waals surface area contributed by atoms with Gasteiger partial charge in [0.15, 0.2) is 5.78 Å². The summed E-state index contributed by atoms with van der Waals surface area (Å²) in [6.45, 7) is 7.11. The van der Waals surface area contributed by atoms with Gasteiger partial charge < -0.3 is 4.90 Å². The molecule has 2 aromatic carbocycles. The average Bonchev–Trinajstić information content (AvgIpc) is 3.18. The molecule has 0 unspecified atom stereocenters. The maximum absolute atomic E-state index is 11.8. The highest BCUT2D eigenvalue weighted by atomic mass is 16.1. The fourth-order valence-electron chi connectivity index (χ4n) is 4.57. The fourth-order valence-corrected chi connectivity index (χ4v) is 4.57. The van der Waals surface area contributed by atoms with Crippen LogP contribution in [-0.4, -0.2) is 53.1 Å². The summed E-state index contributed by atoms with van der Waals surface area (Å²) in [6, 6.07) is 19.0. The quantitative estimate of drug-likeness (QED) is 0.768. The highest BCUT2D eigenvalue weighted by Gasteiger charge is 2.37. The van der Waals surface area contributed by atoms with Crippen LogP contribution in [0.2, 0.25) is 0 Å². The van der Waals surface area contributed by atoms with Crippen LogP contribution in [0, 0.1) is 6.92 Å². The summed E-state index contributed by atoms with van der Waals surface area (Å²) in [7, 11) is 0. The van der Waals surface area contributed by atoms with Crippen molar-refractivity contribution in [3.05, 3.63) is 102 Å². The van der Waals surface area contributed by atoms with Crippen LogP contribution in [0.25, 0.3) is 5.57 Å². The molecule has 1 fully saturated rings. The maximum atomic E-state index is 11.8. The SMILES string of the molecule is Cc1ccccc1CN1CCN(C2=NC3(C=CC(=O)C=C3)C(c3ccccc3)=C2)CC1. The van der Waals surface area contributed by atoms with Gasteiger partial charge in [-0.2, -0.15) is 0 Å². The zero-order valence-electron chi connectivity index (χ0n) is 17.9. The molecular weight excluding hydrogens is 382 g/mol. The number of hydrogen-bond donors (Lipinski definition) is 0. The number of amidine groups is 1. The highest BCUT2D eigenvalue weighted by Crippen LogP contribution is 2.39. The third kappa shape index (κ3) is 3.91. The lowest BCUT2D eigenvalue weighted by Gasteiger charge is -2.36. The molecule has 0 aromatic heterocycles. The number of hydrogen-bond acceptors (Lipinski definition) is 4. The van der Waals surface area contributed by atoms with Crippen LogP contribution >= 0.6 is 0 Å². The Bertz CT molecular complexity index is 1090. The van der Waals surface area contributed by atoms with E-state index >= 15 is 0 Å². The summed E-state index contributed by atoms with van der Waals surface area (Å²) in [4.78, 5) is 21.8. The zero-order valence-corrected chi connectivity index (χ0v) is 17.9. The van der Waals surface area contributed by atoms with Gasteiger partial charge in [0.2, 0.25) is 0 Å². The molecule has 4 heteroatoms. The number of allylic oxidation sites excluding steroid dienone is 2. The first-order chi connectivity index (χ1) is 15.1. The second kappa shape index (κ2) is 8.12. The third-order valence-corrected chi connectivity index (χ3v) is 6.44. The summed E-state index contributed by atoms with van der Waals surface area (Å²) in [6.07, 6.45) is 9.37. The monoisotopic (exact) mass is 409 g/mol. The number of piperazine rings is 1. The molecule has 156 valence electrons. The van der Waals surface area contributed by atoms with E-state index < -0.39 is 5.54 Å². The van der Waals surface area contributed by atoms with Crippen molar-refractivity contribution in [2.75, 3.05) is 26.2 Å². The van der Waals surface area contributed by atoms with E-state index in [1.165, 1.54) is 11.1 Å². The molecule has 31 heavy (non-hydrogen) atoms. The van der Waals surface area contributed by atoms with Crippen molar-refractivity contribution in [2.24, 2.45) is 4.99 Å². The van der Waals surface area contributed by atoms with Crippen LogP contribution in [0.5, 0.6) is 0 Å². The maximum Gasteiger partial charge on any atom is 0.178 e. The standard InChI is InChI=1S/C27H27N3O/c1-21-7-5-6-10-23(21)20-29-15-17-30(18-16-29)26-19-25(22-8-3-2-4-9-22)27(28-26)13-11-24(31)12-14-27/h2-14,19H,15-18,20H2,1H3. The normalized spacial score (nSPS) is 20.3. The first kappa shape index (κ1) is 19.7. The molecule has 2 aromatic rings. The Morgan fingerprint density at radius 3 is 2.29 bits per heavy atom. The topological polar surface area (TPSA) is 35.9 Å². The van der Waals surface area contributed by atoms with E-state index in [1.807, 2.05) is 30.4 Å². The lowest BCUT2D eigenvalue weighted by atomic mass is 9.83. The number of aliphatic imine (C=N–C) groups is 1. The van der Waals surface area contributed by atoms with Crippen molar-refractivity contribution in [1.82, 2.24) is 9.80 Å². The molecule has 4 nitrogen and oxygen atoms in total. The van der Waals surface area contributed by atoms with Crippen LogP contribution in [0.1, 0.15) is 16.7 Å². The van der Waals surface area contributed by atoms with Gasteiger partial charge in [-0.25, -0.2) is 4.99 Å². The first-order valence-electron chi connectivity index (χ1n) is 10.9. The van der Waals surface area contributed by atoms with Crippen LogP contribution in [0.15, 0.2) is 90.0 Å². The average molecular weight is 410 g/mol. The minimum Gasteiger partial charge on any atom is -0.354 e. The van der Waals surface area contributed by atoms with Crippen LogP contribution in [0.4, 0.5) is 0 Å². The van der Waals surface area contributed by atoms with Gasteiger partial charge >= 0.3 is 0 Å². The number of rotatable bonds is 3. The summed E-state index contributed by atoms with van der Waals surface area (Å²) in [5.74, 6) is 1.03. The summed E-state index contributed by atoms with van der Waals surface area (Å²) < 4.78 is 0. The van der Waals surface area contributed by atoms with Gasteiger partial charge in [0.05, 0.1) is 0 Å². The van der Waals surface area contributed by atoms with Crippen molar-refractivity contribution < 1.29 is 4.79 Å². The van der Waals surface area contributed by atoms with Crippen LogP contribution in [0.3, 0.4) is 0 Å². The molecule has 2 heterocycles. The molecule has 2 aliphatic heterocycles. The van der Waals surface area contributed by atoms with E-state index in [-0.39, 0.29) is 5.78 Å². The number of aryl methyl sites for hydroxylation is 1. The fraction of sp³-hybridized carbons (Fsp3) is 0.259. The van der Waals surface area contributed by atoms with Crippen molar-refractivity contribution in [3.63, 3.8) is 0 Å².